The van der Waals surface area contributed by atoms with Crippen LogP contribution in [0.5, 0.6) is 0 Å². The second-order valence-electron chi connectivity index (χ2n) is 5.67. The van der Waals surface area contributed by atoms with Gasteiger partial charge in [0.1, 0.15) is 5.15 Å². The van der Waals surface area contributed by atoms with Crippen LogP contribution in [0.15, 0.2) is 12.3 Å². The van der Waals surface area contributed by atoms with E-state index in [1.54, 1.807) is 6.07 Å². The van der Waals surface area contributed by atoms with E-state index in [0.29, 0.717) is 5.56 Å². The van der Waals surface area contributed by atoms with Gasteiger partial charge in [0, 0.05) is 38.4 Å². The van der Waals surface area contributed by atoms with Crippen molar-refractivity contribution in [1.82, 2.24) is 14.8 Å². The molecule has 0 bridgehead atoms. The van der Waals surface area contributed by atoms with Crippen LogP contribution in [0.2, 0.25) is 10.2 Å². The fourth-order valence-corrected chi connectivity index (χ4v) is 3.46. The third-order valence-electron chi connectivity index (χ3n) is 4.29. The van der Waals surface area contributed by atoms with Crippen LogP contribution >= 0.6 is 23.2 Å². The lowest BCUT2D eigenvalue weighted by molar-refractivity contribution is 0.0261. The lowest BCUT2D eigenvalue weighted by Crippen LogP contribution is -2.46. The number of ether oxygens (including phenoxy) is 1. The van der Waals surface area contributed by atoms with Gasteiger partial charge in [-0.05, 0) is 18.9 Å². The molecule has 1 aromatic rings. The number of hydrogen-bond donors (Lipinski definition) is 0. The zero-order chi connectivity index (χ0) is 15.5. The van der Waals surface area contributed by atoms with E-state index in [9.17, 15) is 4.79 Å². The van der Waals surface area contributed by atoms with E-state index in [1.807, 2.05) is 4.90 Å². The summed E-state index contributed by atoms with van der Waals surface area (Å²) in [6.45, 7) is 5.06. The first-order chi connectivity index (χ1) is 10.7. The molecule has 0 saturated carbocycles. The zero-order valence-electron chi connectivity index (χ0n) is 12.3. The zero-order valence-corrected chi connectivity index (χ0v) is 13.8. The molecule has 0 spiro atoms. The smallest absolute Gasteiger partial charge is 0.255 e. The van der Waals surface area contributed by atoms with Crippen molar-refractivity contribution in [3.63, 3.8) is 0 Å². The number of hydrogen-bond acceptors (Lipinski definition) is 4. The molecule has 0 aromatic carbocycles. The van der Waals surface area contributed by atoms with Crippen LogP contribution < -0.4 is 0 Å². The van der Waals surface area contributed by atoms with Gasteiger partial charge < -0.3 is 9.64 Å². The topological polar surface area (TPSA) is 45.7 Å². The molecule has 7 heteroatoms. The molecule has 3 heterocycles. The van der Waals surface area contributed by atoms with Gasteiger partial charge in [-0.15, -0.1) is 0 Å². The van der Waals surface area contributed by atoms with Gasteiger partial charge in [-0.2, -0.15) is 0 Å². The number of carbonyl (C=O) groups excluding carboxylic acids is 1. The molecule has 1 unspecified atom stereocenters. The number of amides is 1. The van der Waals surface area contributed by atoms with E-state index in [4.69, 9.17) is 27.9 Å². The Balaban J connectivity index is 1.71. The van der Waals surface area contributed by atoms with Crippen molar-refractivity contribution in [1.29, 1.82) is 0 Å². The summed E-state index contributed by atoms with van der Waals surface area (Å²) in [5.41, 5.74) is 0.440. The van der Waals surface area contributed by atoms with Crippen LogP contribution in [-0.4, -0.2) is 66.1 Å². The molecule has 22 heavy (non-hydrogen) atoms. The summed E-state index contributed by atoms with van der Waals surface area (Å²) in [5, 5.41) is 0.419. The first-order valence-electron chi connectivity index (χ1n) is 7.58. The third kappa shape index (κ3) is 3.38. The van der Waals surface area contributed by atoms with Gasteiger partial charge in [-0.25, -0.2) is 4.98 Å². The van der Waals surface area contributed by atoms with Crippen molar-refractivity contribution in [2.75, 3.05) is 39.4 Å². The Hall–Kier alpha value is -0.880. The first-order valence-corrected chi connectivity index (χ1v) is 8.33. The van der Waals surface area contributed by atoms with Crippen LogP contribution in [0.25, 0.3) is 0 Å². The van der Waals surface area contributed by atoms with Crippen molar-refractivity contribution in [2.24, 2.45) is 0 Å². The molecular weight excluding hydrogens is 325 g/mol. The predicted molar refractivity (Wildman–Crippen MR) is 85.6 cm³/mol. The van der Waals surface area contributed by atoms with Crippen molar-refractivity contribution in [2.45, 2.75) is 18.9 Å². The van der Waals surface area contributed by atoms with Gasteiger partial charge in [-0.3, -0.25) is 9.69 Å². The second-order valence-corrected chi connectivity index (χ2v) is 6.41. The summed E-state index contributed by atoms with van der Waals surface area (Å²) in [7, 11) is 0. The largest absolute Gasteiger partial charge is 0.379 e. The highest BCUT2D eigenvalue weighted by molar-refractivity contribution is 6.43. The maximum Gasteiger partial charge on any atom is 0.255 e. The number of pyridine rings is 1. The number of morpholine rings is 1. The molecule has 3 rings (SSSR count). The molecule has 120 valence electrons. The van der Waals surface area contributed by atoms with Gasteiger partial charge >= 0.3 is 0 Å². The van der Waals surface area contributed by atoms with Crippen LogP contribution in [0.3, 0.4) is 0 Å². The number of carbonyl (C=O) groups is 1. The summed E-state index contributed by atoms with van der Waals surface area (Å²) < 4.78 is 5.38. The monoisotopic (exact) mass is 343 g/mol. The summed E-state index contributed by atoms with van der Waals surface area (Å²) in [6, 6.07) is 1.87. The van der Waals surface area contributed by atoms with Crippen LogP contribution in [0.4, 0.5) is 0 Å². The van der Waals surface area contributed by atoms with Gasteiger partial charge in [0.15, 0.2) is 0 Å². The van der Waals surface area contributed by atoms with Gasteiger partial charge in [0.25, 0.3) is 5.91 Å². The Morgan fingerprint density at radius 1 is 1.32 bits per heavy atom. The molecule has 2 saturated heterocycles. The van der Waals surface area contributed by atoms with Crippen LogP contribution in [-0.2, 0) is 4.74 Å². The summed E-state index contributed by atoms with van der Waals surface area (Å²) >= 11 is 12.1. The molecule has 2 aliphatic heterocycles. The van der Waals surface area contributed by atoms with Gasteiger partial charge in [0.05, 0.1) is 23.8 Å². The van der Waals surface area contributed by atoms with Crippen LogP contribution in [0.1, 0.15) is 23.2 Å². The fourth-order valence-electron chi connectivity index (χ4n) is 3.11. The van der Waals surface area contributed by atoms with Gasteiger partial charge in [-0.1, -0.05) is 23.2 Å². The minimum absolute atomic E-state index is 0.0509. The molecule has 0 aliphatic carbocycles. The molecule has 1 atom stereocenters. The maximum atomic E-state index is 12.8. The summed E-state index contributed by atoms with van der Waals surface area (Å²) in [5.74, 6) is -0.0509. The maximum absolute atomic E-state index is 12.8. The predicted octanol–water partition coefficient (Wildman–Crippen LogP) is 2.33. The Kier molecular flexibility index (Phi) is 5.18. The van der Waals surface area contributed by atoms with Crippen molar-refractivity contribution in [3.05, 3.63) is 28.0 Å². The molecule has 2 fully saturated rings. The van der Waals surface area contributed by atoms with Crippen molar-refractivity contribution < 1.29 is 9.53 Å². The van der Waals surface area contributed by atoms with Gasteiger partial charge in [0.2, 0.25) is 0 Å². The number of likely N-dealkylation sites (tertiary alicyclic amines) is 1. The first kappa shape index (κ1) is 16.0. The highest BCUT2D eigenvalue weighted by atomic mass is 35.5. The van der Waals surface area contributed by atoms with E-state index in [1.165, 1.54) is 6.20 Å². The average Bonchev–Trinajstić information content (AvgIpc) is 2.98. The average molecular weight is 344 g/mol. The van der Waals surface area contributed by atoms with Crippen molar-refractivity contribution >= 4 is 29.1 Å². The summed E-state index contributed by atoms with van der Waals surface area (Å²) in [4.78, 5) is 21.0. The van der Waals surface area contributed by atoms with E-state index in [0.717, 1.165) is 52.2 Å². The lowest BCUT2D eigenvalue weighted by Gasteiger charge is -2.33. The normalized spacial score (nSPS) is 23.0. The molecule has 2 aliphatic rings. The number of halogens is 2. The minimum Gasteiger partial charge on any atom is -0.379 e. The minimum atomic E-state index is -0.0509. The molecule has 0 radical (unpaired) electrons. The molecule has 1 aromatic heterocycles. The Labute approximate surface area is 140 Å². The Bertz CT molecular complexity index is 550. The van der Waals surface area contributed by atoms with Crippen molar-refractivity contribution in [3.8, 4) is 0 Å². The third-order valence-corrected chi connectivity index (χ3v) is 5.05. The van der Waals surface area contributed by atoms with E-state index in [-0.39, 0.29) is 22.1 Å². The standard InChI is InChI=1S/C15H19Cl2N3O2/c16-13-12(3-4-18-14(13)17)15(21)20-5-1-2-11(20)10-19-6-8-22-9-7-19/h3-4,11H,1-2,5-10H2. The Morgan fingerprint density at radius 2 is 2.09 bits per heavy atom. The second kappa shape index (κ2) is 7.13. The molecular formula is C15H19Cl2N3O2. The summed E-state index contributed by atoms with van der Waals surface area (Å²) in [6.07, 6.45) is 3.57. The lowest BCUT2D eigenvalue weighted by atomic mass is 10.1. The number of rotatable bonds is 3. The highest BCUT2D eigenvalue weighted by Crippen LogP contribution is 2.27. The number of nitrogens with zero attached hydrogens (tertiary/aromatic N) is 3. The van der Waals surface area contributed by atoms with Crippen LogP contribution in [0, 0.1) is 0 Å². The number of aromatic nitrogens is 1. The quantitative estimate of drug-likeness (QED) is 0.790. The van der Waals surface area contributed by atoms with E-state index < -0.39 is 0 Å². The molecule has 5 nitrogen and oxygen atoms in total. The fraction of sp³-hybridized carbons (Fsp3) is 0.600. The highest BCUT2D eigenvalue weighted by Gasteiger charge is 2.32. The molecule has 1 amide bonds. The SMILES string of the molecule is O=C(c1ccnc(Cl)c1Cl)N1CCCC1CN1CCOCC1. The van der Waals surface area contributed by atoms with E-state index in [2.05, 4.69) is 9.88 Å². The molecule has 0 N–H and O–H groups in total. The Morgan fingerprint density at radius 3 is 2.86 bits per heavy atom. The van der Waals surface area contributed by atoms with E-state index >= 15 is 0 Å².